The minimum atomic E-state index is -4.62. The van der Waals surface area contributed by atoms with Crippen LogP contribution in [0.3, 0.4) is 0 Å². The van der Waals surface area contributed by atoms with E-state index in [2.05, 4.69) is 20.6 Å². The van der Waals surface area contributed by atoms with Gasteiger partial charge in [0.05, 0.1) is 6.61 Å². The van der Waals surface area contributed by atoms with Crippen molar-refractivity contribution in [2.24, 2.45) is 0 Å². The van der Waals surface area contributed by atoms with Crippen molar-refractivity contribution in [2.45, 2.75) is 31.9 Å². The van der Waals surface area contributed by atoms with Crippen LogP contribution in [0.4, 0.5) is 19.0 Å². The van der Waals surface area contributed by atoms with E-state index in [9.17, 15) is 18.0 Å². The molecule has 2 aromatic heterocycles. The van der Waals surface area contributed by atoms with Crippen LogP contribution in [0, 0.1) is 6.92 Å². The van der Waals surface area contributed by atoms with Crippen molar-refractivity contribution >= 4 is 17.4 Å². The van der Waals surface area contributed by atoms with Gasteiger partial charge in [0.15, 0.2) is 5.65 Å². The van der Waals surface area contributed by atoms with E-state index in [0.29, 0.717) is 43.5 Å². The Morgan fingerprint density at radius 2 is 1.94 bits per heavy atom. The molecule has 0 aliphatic carbocycles. The third kappa shape index (κ3) is 4.92. The largest absolute Gasteiger partial charge is 0.453 e. The number of ether oxygens (including phenoxy) is 1. The first kappa shape index (κ1) is 23.0. The number of aromatic nitrogens is 4. The van der Waals surface area contributed by atoms with E-state index in [1.165, 1.54) is 6.07 Å². The molecule has 1 aliphatic heterocycles. The lowest BCUT2D eigenvalue weighted by molar-refractivity contribution is -0.146. The van der Waals surface area contributed by atoms with Crippen LogP contribution in [0.5, 0.6) is 0 Å². The number of halogens is 3. The molecule has 0 bridgehead atoms. The van der Waals surface area contributed by atoms with Crippen molar-refractivity contribution in [3.63, 3.8) is 0 Å². The molecule has 11 heteroatoms. The summed E-state index contributed by atoms with van der Waals surface area (Å²) in [5.74, 6) is -0.490. The standard InChI is InChI=1S/C22H25F3N6O2/c1-14-13-16(3-4-17(14)20(32)26-9-12-33-2)15-7-10-30(11-8-15)19-6-5-18-27-28-21(22(23,24)25)31(18)29-19/h3-6,13,15H,7-12H2,1-2H3,(H,26,32). The van der Waals surface area contributed by atoms with Crippen LogP contribution in [0.15, 0.2) is 30.3 Å². The van der Waals surface area contributed by atoms with E-state index >= 15 is 0 Å². The van der Waals surface area contributed by atoms with Gasteiger partial charge in [-0.1, -0.05) is 12.1 Å². The van der Waals surface area contributed by atoms with Crippen LogP contribution in [-0.2, 0) is 10.9 Å². The van der Waals surface area contributed by atoms with Gasteiger partial charge in [0.2, 0.25) is 0 Å². The van der Waals surface area contributed by atoms with Gasteiger partial charge in [0.25, 0.3) is 11.7 Å². The van der Waals surface area contributed by atoms with Crippen molar-refractivity contribution < 1.29 is 22.7 Å². The van der Waals surface area contributed by atoms with Gasteiger partial charge in [-0.2, -0.15) is 17.7 Å². The number of carbonyl (C=O) groups excluding carboxylic acids is 1. The maximum Gasteiger partial charge on any atom is 0.453 e. The third-order valence-corrected chi connectivity index (χ3v) is 5.88. The second-order valence-corrected chi connectivity index (χ2v) is 8.07. The van der Waals surface area contributed by atoms with E-state index < -0.39 is 12.0 Å². The number of hydrogen-bond donors (Lipinski definition) is 1. The minimum Gasteiger partial charge on any atom is -0.383 e. The summed E-state index contributed by atoms with van der Waals surface area (Å²) < 4.78 is 45.1. The Morgan fingerprint density at radius 1 is 1.18 bits per heavy atom. The zero-order valence-electron chi connectivity index (χ0n) is 18.4. The molecule has 176 valence electrons. The topological polar surface area (TPSA) is 84.6 Å². The fourth-order valence-electron chi connectivity index (χ4n) is 4.12. The van der Waals surface area contributed by atoms with Gasteiger partial charge in [-0.3, -0.25) is 4.79 Å². The summed E-state index contributed by atoms with van der Waals surface area (Å²) in [5.41, 5.74) is 2.76. The predicted octanol–water partition coefficient (Wildman–Crippen LogP) is 3.21. The predicted molar refractivity (Wildman–Crippen MR) is 115 cm³/mol. The van der Waals surface area contributed by atoms with Crippen LogP contribution in [0.25, 0.3) is 5.65 Å². The lowest BCUT2D eigenvalue weighted by Crippen LogP contribution is -2.34. The van der Waals surface area contributed by atoms with E-state index in [-0.39, 0.29) is 11.6 Å². The molecule has 0 atom stereocenters. The van der Waals surface area contributed by atoms with Gasteiger partial charge in [-0.25, -0.2) is 0 Å². The highest BCUT2D eigenvalue weighted by Crippen LogP contribution is 2.32. The van der Waals surface area contributed by atoms with E-state index in [1.807, 2.05) is 30.0 Å². The Hall–Kier alpha value is -3.21. The first-order chi connectivity index (χ1) is 15.8. The average molecular weight is 462 g/mol. The molecule has 1 aromatic carbocycles. The highest BCUT2D eigenvalue weighted by molar-refractivity contribution is 5.95. The van der Waals surface area contributed by atoms with E-state index in [0.717, 1.165) is 28.5 Å². The van der Waals surface area contributed by atoms with Crippen LogP contribution >= 0.6 is 0 Å². The van der Waals surface area contributed by atoms with Crippen LogP contribution < -0.4 is 10.2 Å². The van der Waals surface area contributed by atoms with Crippen molar-refractivity contribution in [3.05, 3.63) is 52.8 Å². The Labute approximate surface area is 188 Å². The highest BCUT2D eigenvalue weighted by atomic mass is 19.4. The molecule has 1 N–H and O–H groups in total. The SMILES string of the molecule is COCCNC(=O)c1ccc(C2CCN(c3ccc4nnc(C(F)(F)F)n4n3)CC2)cc1C. The lowest BCUT2D eigenvalue weighted by Gasteiger charge is -2.33. The van der Waals surface area contributed by atoms with Crippen molar-refractivity contribution in [3.8, 4) is 0 Å². The fourth-order valence-corrected chi connectivity index (χ4v) is 4.12. The van der Waals surface area contributed by atoms with Gasteiger partial charge < -0.3 is 15.0 Å². The first-order valence-corrected chi connectivity index (χ1v) is 10.7. The number of alkyl halides is 3. The minimum absolute atomic E-state index is 0.0581. The summed E-state index contributed by atoms with van der Waals surface area (Å²) in [4.78, 5) is 14.3. The smallest absolute Gasteiger partial charge is 0.383 e. The molecular formula is C22H25F3N6O2. The lowest BCUT2D eigenvalue weighted by atomic mass is 9.87. The molecule has 1 fully saturated rings. The molecule has 3 heterocycles. The zero-order valence-corrected chi connectivity index (χ0v) is 18.4. The molecule has 4 rings (SSSR count). The number of fused-ring (bicyclic) bond motifs is 1. The number of nitrogens with one attached hydrogen (secondary N) is 1. The quantitative estimate of drug-likeness (QED) is 0.567. The van der Waals surface area contributed by atoms with Gasteiger partial charge >= 0.3 is 6.18 Å². The number of hydrogen-bond acceptors (Lipinski definition) is 6. The van der Waals surface area contributed by atoms with Gasteiger partial charge in [0.1, 0.15) is 5.82 Å². The Kier molecular flexibility index (Phi) is 6.50. The van der Waals surface area contributed by atoms with Gasteiger partial charge in [-0.05, 0) is 55.0 Å². The van der Waals surface area contributed by atoms with Crippen LogP contribution in [-0.4, -0.2) is 59.1 Å². The fraction of sp³-hybridized carbons (Fsp3) is 0.455. The van der Waals surface area contributed by atoms with Crippen molar-refractivity contribution in [1.29, 1.82) is 0 Å². The number of anilines is 1. The number of carbonyl (C=O) groups is 1. The zero-order chi connectivity index (χ0) is 23.6. The molecule has 0 saturated carbocycles. The summed E-state index contributed by atoms with van der Waals surface area (Å²) in [6.45, 7) is 4.14. The molecule has 8 nitrogen and oxygen atoms in total. The number of rotatable bonds is 6. The van der Waals surface area contributed by atoms with Crippen LogP contribution in [0.1, 0.15) is 46.1 Å². The van der Waals surface area contributed by atoms with Gasteiger partial charge in [-0.15, -0.1) is 15.3 Å². The molecule has 33 heavy (non-hydrogen) atoms. The molecule has 1 aliphatic rings. The molecular weight excluding hydrogens is 437 g/mol. The molecule has 0 spiro atoms. The highest BCUT2D eigenvalue weighted by Gasteiger charge is 2.38. The van der Waals surface area contributed by atoms with Crippen molar-refractivity contribution in [2.75, 3.05) is 38.3 Å². The summed E-state index contributed by atoms with van der Waals surface area (Å²) in [6.07, 6.45) is -2.97. The summed E-state index contributed by atoms with van der Waals surface area (Å²) in [6, 6.07) is 9.04. The number of methoxy groups -OCH3 is 1. The summed E-state index contributed by atoms with van der Waals surface area (Å²) in [7, 11) is 1.58. The maximum atomic E-state index is 13.1. The van der Waals surface area contributed by atoms with E-state index in [4.69, 9.17) is 4.74 Å². The first-order valence-electron chi connectivity index (χ1n) is 10.7. The number of amides is 1. The second kappa shape index (κ2) is 9.34. The molecule has 1 amide bonds. The number of piperidine rings is 1. The Balaban J connectivity index is 1.43. The number of nitrogens with zero attached hydrogens (tertiary/aromatic N) is 5. The summed E-state index contributed by atoms with van der Waals surface area (Å²) >= 11 is 0. The average Bonchev–Trinajstić information content (AvgIpc) is 3.23. The summed E-state index contributed by atoms with van der Waals surface area (Å²) in [5, 5.41) is 13.7. The monoisotopic (exact) mass is 462 g/mol. The van der Waals surface area contributed by atoms with Gasteiger partial charge in [0, 0.05) is 32.3 Å². The second-order valence-electron chi connectivity index (χ2n) is 8.07. The number of aryl methyl sites for hydroxylation is 1. The Bertz CT molecular complexity index is 1140. The Morgan fingerprint density at radius 3 is 2.61 bits per heavy atom. The molecule has 0 unspecified atom stereocenters. The van der Waals surface area contributed by atoms with E-state index in [1.54, 1.807) is 13.2 Å². The van der Waals surface area contributed by atoms with Crippen LogP contribution in [0.2, 0.25) is 0 Å². The maximum absolute atomic E-state index is 13.1. The normalized spacial score (nSPS) is 15.2. The van der Waals surface area contributed by atoms with Crippen molar-refractivity contribution in [1.82, 2.24) is 25.1 Å². The third-order valence-electron chi connectivity index (χ3n) is 5.88. The molecule has 0 radical (unpaired) electrons. The number of benzene rings is 1. The molecule has 3 aromatic rings. The molecule has 1 saturated heterocycles.